The fraction of sp³-hybridized carbons (Fsp3) is 0.211. The smallest absolute Gasteiger partial charge is 0.339 e. The van der Waals surface area contributed by atoms with Gasteiger partial charge in [-0.2, -0.15) is 0 Å². The van der Waals surface area contributed by atoms with E-state index in [-0.39, 0.29) is 11.3 Å². The van der Waals surface area contributed by atoms with Crippen LogP contribution in [-0.4, -0.2) is 23.8 Å². The number of amides is 1. The van der Waals surface area contributed by atoms with Crippen LogP contribution in [-0.2, 0) is 9.53 Å². The molecule has 5 nitrogen and oxygen atoms in total. The van der Waals surface area contributed by atoms with E-state index < -0.39 is 23.8 Å². The molecule has 0 aliphatic carbocycles. The van der Waals surface area contributed by atoms with Crippen LogP contribution < -0.4 is 5.32 Å². The first-order valence-corrected chi connectivity index (χ1v) is 7.67. The number of nitrogens with one attached hydrogen (secondary N) is 1. The minimum Gasteiger partial charge on any atom is -0.449 e. The van der Waals surface area contributed by atoms with Crippen LogP contribution >= 0.6 is 0 Å². The van der Waals surface area contributed by atoms with Gasteiger partial charge in [-0.3, -0.25) is 9.59 Å². The van der Waals surface area contributed by atoms with Crippen molar-refractivity contribution < 1.29 is 23.5 Å². The van der Waals surface area contributed by atoms with Crippen molar-refractivity contribution in [2.24, 2.45) is 0 Å². The van der Waals surface area contributed by atoms with Gasteiger partial charge < -0.3 is 10.1 Å². The molecule has 2 rings (SSSR count). The van der Waals surface area contributed by atoms with Gasteiger partial charge in [-0.25, -0.2) is 9.18 Å². The van der Waals surface area contributed by atoms with Gasteiger partial charge >= 0.3 is 5.97 Å². The van der Waals surface area contributed by atoms with Crippen molar-refractivity contribution in [2.45, 2.75) is 26.9 Å². The Hall–Kier alpha value is -3.02. The van der Waals surface area contributed by atoms with Crippen molar-refractivity contribution in [1.29, 1.82) is 0 Å². The Morgan fingerprint density at radius 3 is 2.20 bits per heavy atom. The molecule has 0 spiro atoms. The highest BCUT2D eigenvalue weighted by Gasteiger charge is 2.19. The lowest BCUT2D eigenvalue weighted by Gasteiger charge is -2.14. The number of hydrogen-bond acceptors (Lipinski definition) is 4. The average Bonchev–Trinajstić information content (AvgIpc) is 2.57. The van der Waals surface area contributed by atoms with Gasteiger partial charge in [0.1, 0.15) is 5.82 Å². The quantitative estimate of drug-likeness (QED) is 0.666. The Kier molecular flexibility index (Phi) is 5.64. The topological polar surface area (TPSA) is 72.5 Å². The van der Waals surface area contributed by atoms with E-state index >= 15 is 0 Å². The molecule has 0 aromatic heterocycles. The number of hydrogen-bond donors (Lipinski definition) is 1. The molecule has 1 N–H and O–H groups in total. The maximum atomic E-state index is 13.5. The molecule has 1 amide bonds. The predicted molar refractivity (Wildman–Crippen MR) is 91.1 cm³/mol. The fourth-order valence-electron chi connectivity index (χ4n) is 2.03. The highest BCUT2D eigenvalue weighted by atomic mass is 19.1. The Morgan fingerprint density at radius 1 is 1.04 bits per heavy atom. The summed E-state index contributed by atoms with van der Waals surface area (Å²) in [4.78, 5) is 35.3. The van der Waals surface area contributed by atoms with Gasteiger partial charge in [0.05, 0.1) is 5.56 Å². The van der Waals surface area contributed by atoms with Crippen LogP contribution in [0.4, 0.5) is 10.1 Å². The summed E-state index contributed by atoms with van der Waals surface area (Å²) in [6.07, 6.45) is -1.07. The van der Waals surface area contributed by atoms with Gasteiger partial charge in [-0.1, -0.05) is 6.07 Å². The summed E-state index contributed by atoms with van der Waals surface area (Å²) in [6, 6.07) is 10.3. The SMILES string of the molecule is CC(=O)c1ccc(NC(=O)[C@@H](C)OC(=O)c2ccc(C)c(F)c2)cc1. The molecule has 25 heavy (non-hydrogen) atoms. The van der Waals surface area contributed by atoms with E-state index in [1.807, 2.05) is 0 Å². The van der Waals surface area contributed by atoms with E-state index in [0.29, 0.717) is 16.8 Å². The molecule has 2 aromatic rings. The molecule has 0 radical (unpaired) electrons. The number of anilines is 1. The average molecular weight is 343 g/mol. The van der Waals surface area contributed by atoms with Crippen molar-refractivity contribution in [3.63, 3.8) is 0 Å². The Balaban J connectivity index is 1.98. The molecule has 130 valence electrons. The lowest BCUT2D eigenvalue weighted by Crippen LogP contribution is -2.30. The normalized spacial score (nSPS) is 11.5. The van der Waals surface area contributed by atoms with Gasteiger partial charge in [0, 0.05) is 11.3 Å². The Bertz CT molecular complexity index is 815. The zero-order valence-electron chi connectivity index (χ0n) is 14.1. The second kappa shape index (κ2) is 7.70. The Morgan fingerprint density at radius 2 is 1.64 bits per heavy atom. The lowest BCUT2D eigenvalue weighted by atomic mass is 10.1. The van der Waals surface area contributed by atoms with E-state index in [4.69, 9.17) is 4.74 Å². The first-order valence-electron chi connectivity index (χ1n) is 7.67. The van der Waals surface area contributed by atoms with Gasteiger partial charge in [0.25, 0.3) is 5.91 Å². The number of rotatable bonds is 5. The minimum absolute atomic E-state index is 0.0357. The van der Waals surface area contributed by atoms with Crippen LogP contribution in [0.5, 0.6) is 0 Å². The third-order valence-electron chi connectivity index (χ3n) is 3.62. The molecule has 0 fully saturated rings. The van der Waals surface area contributed by atoms with Crippen LogP contribution in [0.1, 0.15) is 40.1 Å². The zero-order chi connectivity index (χ0) is 18.6. The van der Waals surface area contributed by atoms with E-state index in [2.05, 4.69) is 5.32 Å². The summed E-state index contributed by atoms with van der Waals surface area (Å²) >= 11 is 0. The maximum Gasteiger partial charge on any atom is 0.339 e. The van der Waals surface area contributed by atoms with E-state index in [1.54, 1.807) is 31.2 Å². The van der Waals surface area contributed by atoms with Crippen molar-refractivity contribution in [3.8, 4) is 0 Å². The standard InChI is InChI=1S/C19H18FNO4/c1-11-4-5-15(10-17(11)20)19(24)25-13(3)18(23)21-16-8-6-14(7-9-16)12(2)22/h4-10,13H,1-3H3,(H,21,23)/t13-/m1/s1. The molecule has 2 aromatic carbocycles. The number of esters is 1. The molecular formula is C19H18FNO4. The second-order valence-electron chi connectivity index (χ2n) is 5.63. The van der Waals surface area contributed by atoms with Crippen LogP contribution in [0.25, 0.3) is 0 Å². The maximum absolute atomic E-state index is 13.5. The summed E-state index contributed by atoms with van der Waals surface area (Å²) in [5.41, 5.74) is 1.45. The fourth-order valence-corrected chi connectivity index (χ4v) is 2.03. The molecule has 0 saturated carbocycles. The van der Waals surface area contributed by atoms with E-state index in [1.165, 1.54) is 26.0 Å². The number of aryl methyl sites for hydroxylation is 1. The number of Topliss-reactive ketones (excluding diaryl/α,β-unsaturated/α-hetero) is 1. The molecule has 6 heteroatoms. The minimum atomic E-state index is -1.07. The number of ether oxygens (including phenoxy) is 1. The van der Waals surface area contributed by atoms with Gasteiger partial charge in [0.15, 0.2) is 11.9 Å². The van der Waals surface area contributed by atoms with Crippen molar-refractivity contribution in [1.82, 2.24) is 0 Å². The lowest BCUT2D eigenvalue weighted by molar-refractivity contribution is -0.123. The molecule has 0 saturated heterocycles. The first kappa shape index (κ1) is 18.3. The predicted octanol–water partition coefficient (Wildman–Crippen LogP) is 3.52. The summed E-state index contributed by atoms with van der Waals surface area (Å²) in [7, 11) is 0. The number of carbonyl (C=O) groups is 3. The van der Waals surface area contributed by atoms with Crippen LogP contribution in [0.3, 0.4) is 0 Å². The number of carbonyl (C=O) groups excluding carboxylic acids is 3. The molecule has 0 heterocycles. The molecule has 0 unspecified atom stereocenters. The molecule has 0 bridgehead atoms. The summed E-state index contributed by atoms with van der Waals surface area (Å²) in [5.74, 6) is -1.91. The molecular weight excluding hydrogens is 325 g/mol. The van der Waals surface area contributed by atoms with Crippen LogP contribution in [0.15, 0.2) is 42.5 Å². The summed E-state index contributed by atoms with van der Waals surface area (Å²) in [5, 5.41) is 2.58. The first-order chi connectivity index (χ1) is 11.8. The highest BCUT2D eigenvalue weighted by Crippen LogP contribution is 2.13. The second-order valence-corrected chi connectivity index (χ2v) is 5.63. The van der Waals surface area contributed by atoms with Crippen molar-refractivity contribution in [2.75, 3.05) is 5.32 Å². The van der Waals surface area contributed by atoms with E-state index in [0.717, 1.165) is 6.07 Å². The number of benzene rings is 2. The van der Waals surface area contributed by atoms with Gasteiger partial charge in [-0.15, -0.1) is 0 Å². The largest absolute Gasteiger partial charge is 0.449 e. The van der Waals surface area contributed by atoms with Crippen molar-refractivity contribution in [3.05, 3.63) is 65.0 Å². The monoisotopic (exact) mass is 343 g/mol. The molecule has 1 atom stereocenters. The third-order valence-corrected chi connectivity index (χ3v) is 3.62. The van der Waals surface area contributed by atoms with Gasteiger partial charge in [0.2, 0.25) is 0 Å². The summed E-state index contributed by atoms with van der Waals surface area (Å²) < 4.78 is 18.6. The third kappa shape index (κ3) is 4.73. The molecule has 0 aliphatic heterocycles. The molecule has 0 aliphatic rings. The number of halogens is 1. The Labute approximate surface area is 144 Å². The summed E-state index contributed by atoms with van der Waals surface area (Å²) in [6.45, 7) is 4.45. The zero-order valence-corrected chi connectivity index (χ0v) is 14.1. The van der Waals surface area contributed by atoms with E-state index in [9.17, 15) is 18.8 Å². The highest BCUT2D eigenvalue weighted by molar-refractivity contribution is 5.98. The van der Waals surface area contributed by atoms with Crippen molar-refractivity contribution >= 4 is 23.3 Å². The number of ketones is 1. The van der Waals surface area contributed by atoms with Crippen LogP contribution in [0, 0.1) is 12.7 Å². The van der Waals surface area contributed by atoms with Crippen LogP contribution in [0.2, 0.25) is 0 Å². The van der Waals surface area contributed by atoms with Gasteiger partial charge in [-0.05, 0) is 62.7 Å².